The number of hydrogen-bond acceptors (Lipinski definition) is 1. The van der Waals surface area contributed by atoms with Gasteiger partial charge < -0.3 is 4.90 Å². The number of rotatable bonds is 5. The molecule has 0 unspecified atom stereocenters. The van der Waals surface area contributed by atoms with Crippen molar-refractivity contribution in [3.63, 3.8) is 0 Å². The molecular weight excluding hydrogens is 326 g/mol. The van der Waals surface area contributed by atoms with Gasteiger partial charge >= 0.3 is 0 Å². The molecular formula is C15H21BrClNO. The Morgan fingerprint density at radius 3 is 2.16 bits per heavy atom. The lowest BCUT2D eigenvalue weighted by Gasteiger charge is -2.26. The number of benzene rings is 1. The summed E-state index contributed by atoms with van der Waals surface area (Å²) in [5.41, 5.74) is 0.648. The summed E-state index contributed by atoms with van der Waals surface area (Å²) in [6, 6.07) is 5.35. The highest BCUT2D eigenvalue weighted by molar-refractivity contribution is 9.10. The normalized spacial score (nSPS) is 11.2. The van der Waals surface area contributed by atoms with Gasteiger partial charge in [0, 0.05) is 23.1 Å². The maximum absolute atomic E-state index is 12.5. The summed E-state index contributed by atoms with van der Waals surface area (Å²) in [6.07, 6.45) is 0. The molecule has 0 saturated carbocycles. The van der Waals surface area contributed by atoms with Crippen molar-refractivity contribution in [1.29, 1.82) is 0 Å². The van der Waals surface area contributed by atoms with E-state index >= 15 is 0 Å². The molecule has 0 saturated heterocycles. The summed E-state index contributed by atoms with van der Waals surface area (Å²) in [5, 5.41) is 0.569. The Balaban J connectivity index is 2.94. The van der Waals surface area contributed by atoms with E-state index in [1.807, 2.05) is 17.0 Å². The van der Waals surface area contributed by atoms with Gasteiger partial charge in [0.05, 0.1) is 5.02 Å². The van der Waals surface area contributed by atoms with E-state index in [1.165, 1.54) is 0 Å². The minimum Gasteiger partial charge on any atom is -0.338 e. The van der Waals surface area contributed by atoms with Gasteiger partial charge in [-0.05, 0) is 46.0 Å². The van der Waals surface area contributed by atoms with Crippen LogP contribution in [0, 0.1) is 11.8 Å². The SMILES string of the molecule is CC(C)CN(CC(C)C)C(=O)c1ccc(Br)c(Cl)c1. The largest absolute Gasteiger partial charge is 0.338 e. The molecule has 0 aliphatic carbocycles. The number of amides is 1. The molecule has 19 heavy (non-hydrogen) atoms. The molecule has 0 fully saturated rings. The van der Waals surface area contributed by atoms with Crippen LogP contribution < -0.4 is 0 Å². The van der Waals surface area contributed by atoms with Crippen LogP contribution in [0.15, 0.2) is 22.7 Å². The lowest BCUT2D eigenvalue weighted by molar-refractivity contribution is 0.0715. The maximum atomic E-state index is 12.5. The first-order chi connectivity index (χ1) is 8.81. The zero-order valence-corrected chi connectivity index (χ0v) is 14.3. The molecule has 0 aliphatic rings. The molecule has 0 aromatic heterocycles. The highest BCUT2D eigenvalue weighted by Crippen LogP contribution is 2.24. The molecule has 4 heteroatoms. The first kappa shape index (κ1) is 16.5. The second kappa shape index (κ2) is 7.30. The van der Waals surface area contributed by atoms with E-state index in [-0.39, 0.29) is 5.91 Å². The fraction of sp³-hybridized carbons (Fsp3) is 0.533. The molecule has 1 amide bonds. The number of hydrogen-bond donors (Lipinski definition) is 0. The van der Waals surface area contributed by atoms with Gasteiger partial charge in [0.1, 0.15) is 0 Å². The molecule has 0 atom stereocenters. The van der Waals surface area contributed by atoms with Crippen molar-refractivity contribution in [2.45, 2.75) is 27.7 Å². The Kier molecular flexibility index (Phi) is 6.34. The Hall–Kier alpha value is -0.540. The summed E-state index contributed by atoms with van der Waals surface area (Å²) in [4.78, 5) is 14.4. The number of nitrogens with zero attached hydrogens (tertiary/aromatic N) is 1. The van der Waals surface area contributed by atoms with Gasteiger partial charge in [0.2, 0.25) is 0 Å². The van der Waals surface area contributed by atoms with Crippen molar-refractivity contribution in [2.75, 3.05) is 13.1 Å². The molecule has 0 N–H and O–H groups in total. The third kappa shape index (κ3) is 5.15. The number of carbonyl (C=O) groups is 1. The Bertz CT molecular complexity index is 436. The predicted octanol–water partition coefficient (Wildman–Crippen LogP) is 4.86. The summed E-state index contributed by atoms with van der Waals surface area (Å²) in [6.45, 7) is 10.0. The van der Waals surface area contributed by atoms with E-state index in [1.54, 1.807) is 6.07 Å². The van der Waals surface area contributed by atoms with E-state index in [2.05, 4.69) is 43.6 Å². The van der Waals surface area contributed by atoms with Crippen LogP contribution in [0.4, 0.5) is 0 Å². The highest BCUT2D eigenvalue weighted by atomic mass is 79.9. The van der Waals surface area contributed by atoms with Crippen LogP contribution in [-0.2, 0) is 0 Å². The predicted molar refractivity (Wildman–Crippen MR) is 84.7 cm³/mol. The van der Waals surface area contributed by atoms with Gasteiger partial charge in [0.15, 0.2) is 0 Å². The Labute approximate surface area is 129 Å². The maximum Gasteiger partial charge on any atom is 0.253 e. The van der Waals surface area contributed by atoms with Crippen LogP contribution in [0.1, 0.15) is 38.1 Å². The van der Waals surface area contributed by atoms with E-state index in [4.69, 9.17) is 11.6 Å². The van der Waals surface area contributed by atoms with Gasteiger partial charge in [-0.2, -0.15) is 0 Å². The molecule has 1 rings (SSSR count). The van der Waals surface area contributed by atoms with Gasteiger partial charge in [-0.25, -0.2) is 0 Å². The summed E-state index contributed by atoms with van der Waals surface area (Å²) < 4.78 is 0.810. The van der Waals surface area contributed by atoms with Crippen LogP contribution in [0.5, 0.6) is 0 Å². The fourth-order valence-corrected chi connectivity index (χ4v) is 2.36. The molecule has 2 nitrogen and oxygen atoms in total. The molecule has 0 heterocycles. The van der Waals surface area contributed by atoms with Gasteiger partial charge in [-0.3, -0.25) is 4.79 Å². The second-order valence-corrected chi connectivity index (χ2v) is 6.89. The van der Waals surface area contributed by atoms with Gasteiger partial charge in [-0.1, -0.05) is 39.3 Å². The van der Waals surface area contributed by atoms with Crippen molar-refractivity contribution in [3.05, 3.63) is 33.3 Å². The van der Waals surface area contributed by atoms with Crippen molar-refractivity contribution in [3.8, 4) is 0 Å². The van der Waals surface area contributed by atoms with Crippen molar-refractivity contribution >= 4 is 33.4 Å². The zero-order chi connectivity index (χ0) is 14.6. The lowest BCUT2D eigenvalue weighted by Crippen LogP contribution is -2.37. The lowest BCUT2D eigenvalue weighted by atomic mass is 10.1. The summed E-state index contributed by atoms with van der Waals surface area (Å²) >= 11 is 9.40. The van der Waals surface area contributed by atoms with Crippen molar-refractivity contribution < 1.29 is 4.79 Å². The monoisotopic (exact) mass is 345 g/mol. The second-order valence-electron chi connectivity index (χ2n) is 5.63. The zero-order valence-electron chi connectivity index (χ0n) is 11.9. The standard InChI is InChI=1S/C15H21BrClNO/c1-10(2)8-18(9-11(3)4)15(19)12-5-6-13(16)14(17)7-12/h5-7,10-11H,8-9H2,1-4H3. The van der Waals surface area contributed by atoms with Crippen LogP contribution in [0.2, 0.25) is 5.02 Å². The number of halogens is 2. The third-order valence-electron chi connectivity index (χ3n) is 2.62. The summed E-state index contributed by atoms with van der Waals surface area (Å²) in [7, 11) is 0. The van der Waals surface area contributed by atoms with Gasteiger partial charge in [-0.15, -0.1) is 0 Å². The molecule has 1 aromatic rings. The molecule has 0 bridgehead atoms. The van der Waals surface area contributed by atoms with E-state index in [0.717, 1.165) is 17.6 Å². The Morgan fingerprint density at radius 1 is 1.21 bits per heavy atom. The Morgan fingerprint density at radius 2 is 1.74 bits per heavy atom. The van der Waals surface area contributed by atoms with Crippen LogP contribution in [0.25, 0.3) is 0 Å². The first-order valence-electron chi connectivity index (χ1n) is 6.55. The van der Waals surface area contributed by atoms with Crippen molar-refractivity contribution in [1.82, 2.24) is 4.90 Å². The minimum absolute atomic E-state index is 0.0526. The third-order valence-corrected chi connectivity index (χ3v) is 3.86. The quantitative estimate of drug-likeness (QED) is 0.746. The molecule has 0 radical (unpaired) electrons. The minimum atomic E-state index is 0.0526. The van der Waals surface area contributed by atoms with Crippen LogP contribution in [-0.4, -0.2) is 23.9 Å². The van der Waals surface area contributed by atoms with E-state index in [9.17, 15) is 4.79 Å². The highest BCUT2D eigenvalue weighted by Gasteiger charge is 2.18. The average Bonchev–Trinajstić information content (AvgIpc) is 2.29. The molecule has 1 aromatic carbocycles. The average molecular weight is 347 g/mol. The van der Waals surface area contributed by atoms with Crippen LogP contribution in [0.3, 0.4) is 0 Å². The van der Waals surface area contributed by atoms with E-state index in [0.29, 0.717) is 22.4 Å². The fourth-order valence-electron chi connectivity index (χ4n) is 1.93. The van der Waals surface area contributed by atoms with Crippen LogP contribution >= 0.6 is 27.5 Å². The van der Waals surface area contributed by atoms with Gasteiger partial charge in [0.25, 0.3) is 5.91 Å². The number of carbonyl (C=O) groups excluding carboxylic acids is 1. The topological polar surface area (TPSA) is 20.3 Å². The smallest absolute Gasteiger partial charge is 0.253 e. The van der Waals surface area contributed by atoms with E-state index < -0.39 is 0 Å². The van der Waals surface area contributed by atoms with Crippen molar-refractivity contribution in [2.24, 2.45) is 11.8 Å². The molecule has 0 spiro atoms. The first-order valence-corrected chi connectivity index (χ1v) is 7.72. The molecule has 106 valence electrons. The summed E-state index contributed by atoms with van der Waals surface area (Å²) in [5.74, 6) is 0.957. The molecule has 0 aliphatic heterocycles.